The highest BCUT2D eigenvalue weighted by atomic mass is 35.5. The first kappa shape index (κ1) is 14.5. The molecule has 5 heteroatoms. The van der Waals surface area contributed by atoms with Gasteiger partial charge in [0.15, 0.2) is 0 Å². The van der Waals surface area contributed by atoms with E-state index in [4.69, 9.17) is 16.3 Å². The van der Waals surface area contributed by atoms with Crippen LogP contribution in [0, 0.1) is 5.41 Å². The van der Waals surface area contributed by atoms with E-state index in [1.807, 2.05) is 0 Å². The first-order valence-electron chi connectivity index (χ1n) is 6.48. The van der Waals surface area contributed by atoms with Crippen LogP contribution in [-0.4, -0.2) is 16.6 Å². The molecule has 0 fully saturated rings. The van der Waals surface area contributed by atoms with Gasteiger partial charge in [0, 0.05) is 4.88 Å². The van der Waals surface area contributed by atoms with E-state index in [1.165, 1.54) is 4.88 Å². The third-order valence-electron chi connectivity index (χ3n) is 2.82. The molecule has 0 N–H and O–H groups in total. The Morgan fingerprint density at radius 2 is 2.05 bits per heavy atom. The van der Waals surface area contributed by atoms with Gasteiger partial charge in [-0.2, -0.15) is 4.98 Å². The van der Waals surface area contributed by atoms with Crippen molar-refractivity contribution < 1.29 is 4.74 Å². The lowest BCUT2D eigenvalue weighted by atomic mass is 9.93. The summed E-state index contributed by atoms with van der Waals surface area (Å²) in [6.07, 6.45) is 1.96. The van der Waals surface area contributed by atoms with Gasteiger partial charge in [0.25, 0.3) is 0 Å². The zero-order valence-electron chi connectivity index (χ0n) is 11.8. The van der Waals surface area contributed by atoms with Crippen molar-refractivity contribution in [1.29, 1.82) is 0 Å². The van der Waals surface area contributed by atoms with Crippen molar-refractivity contribution >= 4 is 33.2 Å². The van der Waals surface area contributed by atoms with Crippen molar-refractivity contribution in [3.05, 3.63) is 16.2 Å². The fourth-order valence-electron chi connectivity index (χ4n) is 1.66. The number of nitrogens with zero attached hydrogens (tertiary/aromatic N) is 2. The Labute approximate surface area is 123 Å². The lowest BCUT2D eigenvalue weighted by Crippen LogP contribution is -2.11. The van der Waals surface area contributed by atoms with Crippen LogP contribution in [0.3, 0.4) is 0 Å². The molecule has 0 saturated carbocycles. The lowest BCUT2D eigenvalue weighted by molar-refractivity contribution is 0.238. The minimum atomic E-state index is 0.249. The van der Waals surface area contributed by atoms with Gasteiger partial charge in [-0.15, -0.1) is 11.3 Å². The molecule has 2 aromatic heterocycles. The second-order valence-corrected chi connectivity index (χ2v) is 7.20. The molecule has 0 aliphatic carbocycles. The van der Waals surface area contributed by atoms with Crippen LogP contribution in [0.2, 0.25) is 5.28 Å². The van der Waals surface area contributed by atoms with Crippen LogP contribution in [-0.2, 0) is 6.42 Å². The summed E-state index contributed by atoms with van der Waals surface area (Å²) >= 11 is 7.60. The van der Waals surface area contributed by atoms with Crippen LogP contribution in [0.4, 0.5) is 0 Å². The quantitative estimate of drug-likeness (QED) is 0.766. The largest absolute Gasteiger partial charge is 0.477 e. The topological polar surface area (TPSA) is 35.0 Å². The molecule has 0 aromatic carbocycles. The monoisotopic (exact) mass is 298 g/mol. The predicted octanol–water partition coefficient (Wildman–Crippen LogP) is 4.72. The molecule has 0 radical (unpaired) electrons. The van der Waals surface area contributed by atoms with E-state index in [9.17, 15) is 0 Å². The number of hydrogen-bond acceptors (Lipinski definition) is 4. The summed E-state index contributed by atoms with van der Waals surface area (Å²) in [4.78, 5) is 10.6. The van der Waals surface area contributed by atoms with Gasteiger partial charge < -0.3 is 4.74 Å². The van der Waals surface area contributed by atoms with Crippen molar-refractivity contribution in [2.45, 2.75) is 40.5 Å². The summed E-state index contributed by atoms with van der Waals surface area (Å²) in [6, 6.07) is 2.10. The van der Waals surface area contributed by atoms with Crippen LogP contribution in [0.25, 0.3) is 10.2 Å². The first-order valence-corrected chi connectivity index (χ1v) is 7.67. The standard InChI is InChI=1S/C14H19ClN2OS/c1-5-9-8-10-11(18-7-6-14(2,3)4)16-13(15)17-12(10)19-9/h8H,5-7H2,1-4H3. The van der Waals surface area contributed by atoms with E-state index >= 15 is 0 Å². The molecule has 0 spiro atoms. The Morgan fingerprint density at radius 1 is 1.32 bits per heavy atom. The Balaban J connectivity index is 2.23. The highest BCUT2D eigenvalue weighted by Crippen LogP contribution is 2.32. The summed E-state index contributed by atoms with van der Waals surface area (Å²) in [7, 11) is 0. The fraction of sp³-hybridized carbons (Fsp3) is 0.571. The maximum Gasteiger partial charge on any atom is 0.227 e. The molecular weight excluding hydrogens is 280 g/mol. The summed E-state index contributed by atoms with van der Waals surface area (Å²) in [6.45, 7) is 9.35. The normalized spacial score (nSPS) is 12.1. The molecule has 0 aliphatic heterocycles. The third-order valence-corrected chi connectivity index (χ3v) is 4.16. The Morgan fingerprint density at radius 3 is 2.68 bits per heavy atom. The SMILES string of the molecule is CCc1cc2c(OCCC(C)(C)C)nc(Cl)nc2s1. The van der Waals surface area contributed by atoms with Gasteiger partial charge in [0.1, 0.15) is 4.83 Å². The van der Waals surface area contributed by atoms with Gasteiger partial charge >= 0.3 is 0 Å². The average Bonchev–Trinajstić information content (AvgIpc) is 2.70. The van der Waals surface area contributed by atoms with Crippen molar-refractivity contribution in [3.8, 4) is 5.88 Å². The number of ether oxygens (including phenoxy) is 1. The lowest BCUT2D eigenvalue weighted by Gasteiger charge is -2.17. The Hall–Kier alpha value is -0.870. The van der Waals surface area contributed by atoms with E-state index in [2.05, 4.69) is 43.7 Å². The van der Waals surface area contributed by atoms with Crippen LogP contribution in [0.15, 0.2) is 6.07 Å². The maximum absolute atomic E-state index is 5.95. The number of fused-ring (bicyclic) bond motifs is 1. The minimum Gasteiger partial charge on any atom is -0.477 e. The van der Waals surface area contributed by atoms with Gasteiger partial charge in [-0.1, -0.05) is 27.7 Å². The molecule has 0 atom stereocenters. The number of aromatic nitrogens is 2. The van der Waals surface area contributed by atoms with E-state index in [0.29, 0.717) is 12.5 Å². The van der Waals surface area contributed by atoms with Crippen LogP contribution >= 0.6 is 22.9 Å². The minimum absolute atomic E-state index is 0.249. The van der Waals surface area contributed by atoms with Gasteiger partial charge in [-0.05, 0) is 35.9 Å². The molecule has 0 aliphatic rings. The zero-order valence-corrected chi connectivity index (χ0v) is 13.4. The van der Waals surface area contributed by atoms with E-state index in [-0.39, 0.29) is 10.7 Å². The number of aryl methyl sites for hydroxylation is 1. The molecule has 19 heavy (non-hydrogen) atoms. The predicted molar refractivity (Wildman–Crippen MR) is 81.4 cm³/mol. The smallest absolute Gasteiger partial charge is 0.227 e. The summed E-state index contributed by atoms with van der Waals surface area (Å²) in [5.74, 6) is 0.607. The highest BCUT2D eigenvalue weighted by molar-refractivity contribution is 7.18. The number of halogens is 1. The van der Waals surface area contributed by atoms with Gasteiger partial charge in [0.2, 0.25) is 11.2 Å². The number of thiophene rings is 1. The van der Waals surface area contributed by atoms with E-state index in [0.717, 1.165) is 23.1 Å². The fourth-order valence-corrected chi connectivity index (χ4v) is 2.83. The second kappa shape index (κ2) is 5.63. The first-order chi connectivity index (χ1) is 8.89. The van der Waals surface area contributed by atoms with Gasteiger partial charge in [-0.3, -0.25) is 0 Å². The average molecular weight is 299 g/mol. The van der Waals surface area contributed by atoms with Crippen molar-refractivity contribution in [2.24, 2.45) is 5.41 Å². The summed E-state index contributed by atoms with van der Waals surface area (Å²) < 4.78 is 5.81. The van der Waals surface area contributed by atoms with E-state index < -0.39 is 0 Å². The molecule has 0 amide bonds. The summed E-state index contributed by atoms with van der Waals surface area (Å²) in [5, 5.41) is 1.22. The zero-order chi connectivity index (χ0) is 14.0. The molecular formula is C14H19ClN2OS. The van der Waals surface area contributed by atoms with Crippen LogP contribution in [0.5, 0.6) is 5.88 Å². The molecule has 0 saturated heterocycles. The van der Waals surface area contributed by atoms with Crippen molar-refractivity contribution in [3.63, 3.8) is 0 Å². The molecule has 3 nitrogen and oxygen atoms in total. The summed E-state index contributed by atoms with van der Waals surface area (Å²) in [5.41, 5.74) is 0.249. The molecule has 0 unspecified atom stereocenters. The number of rotatable bonds is 4. The highest BCUT2D eigenvalue weighted by Gasteiger charge is 2.14. The van der Waals surface area contributed by atoms with Gasteiger partial charge in [0.05, 0.1) is 12.0 Å². The molecule has 2 aromatic rings. The van der Waals surface area contributed by atoms with Gasteiger partial charge in [-0.25, -0.2) is 4.98 Å². The van der Waals surface area contributed by atoms with Crippen LogP contribution in [0.1, 0.15) is 39.0 Å². The molecule has 2 heterocycles. The van der Waals surface area contributed by atoms with Crippen molar-refractivity contribution in [1.82, 2.24) is 9.97 Å². The number of hydrogen-bond donors (Lipinski definition) is 0. The maximum atomic E-state index is 5.95. The van der Waals surface area contributed by atoms with Crippen LogP contribution < -0.4 is 4.74 Å². The Bertz CT molecular complexity index is 575. The molecule has 2 rings (SSSR count). The molecule has 0 bridgehead atoms. The van der Waals surface area contributed by atoms with Crippen molar-refractivity contribution in [2.75, 3.05) is 6.61 Å². The Kier molecular flexibility index (Phi) is 4.31. The third kappa shape index (κ3) is 3.80. The second-order valence-electron chi connectivity index (χ2n) is 5.74. The molecule has 104 valence electrons. The van der Waals surface area contributed by atoms with E-state index in [1.54, 1.807) is 11.3 Å².